The molecule has 0 rings (SSSR count). The zero-order chi connectivity index (χ0) is 8.41. The number of carbonyl (C=O) groups is 2. The molecule has 0 aliphatic heterocycles. The number of aldehydes is 1. The van der Waals surface area contributed by atoms with Gasteiger partial charge in [-0.15, -0.1) is 0 Å². The monoisotopic (exact) mass is 210 g/mol. The third kappa shape index (κ3) is 15.7. The van der Waals surface area contributed by atoms with E-state index in [-0.39, 0.29) is 11.6 Å². The molecule has 0 bridgehead atoms. The van der Waals surface area contributed by atoms with Crippen LogP contribution in [0.2, 0.25) is 0 Å². The topological polar surface area (TPSA) is 43.4 Å². The quantitative estimate of drug-likeness (QED) is 0.394. The summed E-state index contributed by atoms with van der Waals surface area (Å²) in [4.78, 5) is 19.1. The van der Waals surface area contributed by atoms with Crippen LogP contribution in [0.25, 0.3) is 0 Å². The zero-order valence-corrected chi connectivity index (χ0v) is 7.68. The SMILES string of the molecule is CCOC.O=CC(=O)CBr. The largest absolute Gasteiger partial charge is 0.385 e. The van der Waals surface area contributed by atoms with Gasteiger partial charge in [-0.3, -0.25) is 9.59 Å². The van der Waals surface area contributed by atoms with E-state index in [9.17, 15) is 9.59 Å². The molecule has 0 aliphatic carbocycles. The van der Waals surface area contributed by atoms with E-state index in [2.05, 4.69) is 20.7 Å². The molecule has 0 aromatic rings. The molecule has 0 aromatic heterocycles. The van der Waals surface area contributed by atoms with E-state index >= 15 is 0 Å². The van der Waals surface area contributed by atoms with E-state index in [4.69, 9.17) is 0 Å². The standard InChI is InChI=1S/C3H3BrO2.C3H8O/c4-1-3(6)2-5;1-3-4-2/h2H,1H2;3H2,1-2H3. The summed E-state index contributed by atoms with van der Waals surface area (Å²) in [6.07, 6.45) is 0.286. The number of ether oxygens (including phenoxy) is 1. The molecule has 0 spiro atoms. The summed E-state index contributed by atoms with van der Waals surface area (Å²) in [5.41, 5.74) is 0. The fourth-order valence-electron chi connectivity index (χ4n) is 0.0315. The molecule has 4 heteroatoms. The second kappa shape index (κ2) is 11.6. The summed E-state index contributed by atoms with van der Waals surface area (Å²) in [5.74, 6) is -0.421. The third-order valence-corrected chi connectivity index (χ3v) is 1.10. The van der Waals surface area contributed by atoms with Crippen LogP contribution >= 0.6 is 15.9 Å². The van der Waals surface area contributed by atoms with E-state index in [1.54, 1.807) is 7.11 Å². The fraction of sp³-hybridized carbons (Fsp3) is 0.667. The highest BCUT2D eigenvalue weighted by Crippen LogP contribution is 1.75. The Kier molecular flexibility index (Phi) is 14.4. The van der Waals surface area contributed by atoms with Crippen molar-refractivity contribution in [2.24, 2.45) is 0 Å². The Hall–Kier alpha value is -0.220. The molecule has 0 heterocycles. The Bertz CT molecular complexity index is 91.0. The molecule has 0 atom stereocenters. The number of rotatable bonds is 3. The van der Waals surface area contributed by atoms with Crippen molar-refractivity contribution < 1.29 is 14.3 Å². The molecule has 0 amide bonds. The second-order valence-electron chi connectivity index (χ2n) is 1.30. The highest BCUT2D eigenvalue weighted by Gasteiger charge is 1.89. The molecule has 0 aromatic carbocycles. The van der Waals surface area contributed by atoms with Crippen molar-refractivity contribution >= 4 is 28.0 Å². The molecule has 0 aliphatic rings. The first kappa shape index (κ1) is 12.5. The van der Waals surface area contributed by atoms with Gasteiger partial charge in [-0.05, 0) is 6.92 Å². The first-order valence-electron chi connectivity index (χ1n) is 2.75. The summed E-state index contributed by atoms with van der Waals surface area (Å²) < 4.78 is 4.54. The van der Waals surface area contributed by atoms with Gasteiger partial charge in [-0.1, -0.05) is 15.9 Å². The maximum atomic E-state index is 9.77. The van der Waals surface area contributed by atoms with Crippen LogP contribution in [0.4, 0.5) is 0 Å². The lowest BCUT2D eigenvalue weighted by Crippen LogP contribution is -1.97. The van der Waals surface area contributed by atoms with Gasteiger partial charge < -0.3 is 4.74 Å². The number of Topliss-reactive ketones (excluding diaryl/α,β-unsaturated/α-hetero) is 1. The lowest BCUT2D eigenvalue weighted by Gasteiger charge is -1.76. The number of halogens is 1. The minimum atomic E-state index is -0.421. The maximum Gasteiger partial charge on any atom is 0.205 e. The van der Waals surface area contributed by atoms with Gasteiger partial charge >= 0.3 is 0 Å². The van der Waals surface area contributed by atoms with Gasteiger partial charge in [0.2, 0.25) is 5.78 Å². The molecular formula is C6H11BrO3. The zero-order valence-electron chi connectivity index (χ0n) is 6.09. The molecule has 3 nitrogen and oxygen atoms in total. The van der Waals surface area contributed by atoms with E-state index < -0.39 is 5.78 Å². The summed E-state index contributed by atoms with van der Waals surface area (Å²) in [5, 5.41) is 0.135. The van der Waals surface area contributed by atoms with Crippen LogP contribution in [0.15, 0.2) is 0 Å². The van der Waals surface area contributed by atoms with Crippen molar-refractivity contribution in [2.75, 3.05) is 19.0 Å². The highest BCUT2D eigenvalue weighted by molar-refractivity contribution is 9.09. The fourth-order valence-corrected chi connectivity index (χ4v) is 0.164. The van der Waals surface area contributed by atoms with E-state index in [1.807, 2.05) is 6.92 Å². The van der Waals surface area contributed by atoms with Gasteiger partial charge in [0.1, 0.15) is 0 Å². The van der Waals surface area contributed by atoms with Gasteiger partial charge in [-0.2, -0.15) is 0 Å². The first-order valence-corrected chi connectivity index (χ1v) is 3.87. The van der Waals surface area contributed by atoms with Crippen LogP contribution in [0.3, 0.4) is 0 Å². The number of carbonyl (C=O) groups excluding carboxylic acids is 2. The molecule has 0 N–H and O–H groups in total. The van der Waals surface area contributed by atoms with Crippen molar-refractivity contribution in [3.8, 4) is 0 Å². The predicted octanol–water partition coefficient (Wildman–Crippen LogP) is 0.802. The van der Waals surface area contributed by atoms with Crippen molar-refractivity contribution in [3.05, 3.63) is 0 Å². The lowest BCUT2D eigenvalue weighted by atomic mass is 10.5. The Morgan fingerprint density at radius 2 is 2.10 bits per heavy atom. The van der Waals surface area contributed by atoms with Gasteiger partial charge in [0, 0.05) is 13.7 Å². The van der Waals surface area contributed by atoms with Crippen LogP contribution in [0.1, 0.15) is 6.92 Å². The summed E-state index contributed by atoms with van der Waals surface area (Å²) in [6.45, 7) is 2.78. The summed E-state index contributed by atoms with van der Waals surface area (Å²) in [6, 6.07) is 0. The normalized spacial score (nSPS) is 7.50. The predicted molar refractivity (Wildman–Crippen MR) is 42.4 cm³/mol. The van der Waals surface area contributed by atoms with Crippen LogP contribution in [-0.4, -0.2) is 31.1 Å². The van der Waals surface area contributed by atoms with Crippen LogP contribution in [0.5, 0.6) is 0 Å². The molecule has 0 unspecified atom stereocenters. The second-order valence-corrected chi connectivity index (χ2v) is 1.86. The smallest absolute Gasteiger partial charge is 0.205 e. The number of hydrogen-bond donors (Lipinski definition) is 0. The molecule has 60 valence electrons. The Balaban J connectivity index is 0. The van der Waals surface area contributed by atoms with E-state index in [0.717, 1.165) is 6.61 Å². The first-order chi connectivity index (χ1) is 4.72. The van der Waals surface area contributed by atoms with Crippen molar-refractivity contribution in [3.63, 3.8) is 0 Å². The lowest BCUT2D eigenvalue weighted by molar-refractivity contribution is -0.128. The van der Waals surface area contributed by atoms with Crippen LogP contribution in [-0.2, 0) is 14.3 Å². The van der Waals surface area contributed by atoms with Gasteiger partial charge in [0.15, 0.2) is 6.29 Å². The van der Waals surface area contributed by atoms with Crippen LogP contribution < -0.4 is 0 Å². The molecule has 10 heavy (non-hydrogen) atoms. The summed E-state index contributed by atoms with van der Waals surface area (Å²) >= 11 is 2.79. The molecular weight excluding hydrogens is 200 g/mol. The van der Waals surface area contributed by atoms with Crippen LogP contribution in [0, 0.1) is 0 Å². The summed E-state index contributed by atoms with van der Waals surface area (Å²) in [7, 11) is 1.68. The highest BCUT2D eigenvalue weighted by atomic mass is 79.9. The Morgan fingerprint density at radius 3 is 2.10 bits per heavy atom. The van der Waals surface area contributed by atoms with Gasteiger partial charge in [-0.25, -0.2) is 0 Å². The minimum absolute atomic E-state index is 0.135. The Labute approximate surface area is 68.9 Å². The van der Waals surface area contributed by atoms with E-state index in [0.29, 0.717) is 0 Å². The minimum Gasteiger partial charge on any atom is -0.385 e. The maximum absolute atomic E-state index is 9.77. The number of hydrogen-bond acceptors (Lipinski definition) is 3. The molecule has 0 saturated carbocycles. The van der Waals surface area contributed by atoms with Gasteiger partial charge in [0.05, 0.1) is 5.33 Å². The average molecular weight is 211 g/mol. The average Bonchev–Trinajstić information content (AvgIpc) is 2.03. The molecule has 0 saturated heterocycles. The molecule has 0 radical (unpaired) electrons. The van der Waals surface area contributed by atoms with Crippen molar-refractivity contribution in [2.45, 2.75) is 6.92 Å². The van der Waals surface area contributed by atoms with Crippen molar-refractivity contribution in [1.29, 1.82) is 0 Å². The Morgan fingerprint density at radius 1 is 1.70 bits per heavy atom. The van der Waals surface area contributed by atoms with E-state index in [1.165, 1.54) is 0 Å². The number of alkyl halides is 1. The number of ketones is 1. The van der Waals surface area contributed by atoms with Crippen molar-refractivity contribution in [1.82, 2.24) is 0 Å². The molecule has 0 fully saturated rings. The third-order valence-electron chi connectivity index (χ3n) is 0.552. The van der Waals surface area contributed by atoms with Gasteiger partial charge in [0.25, 0.3) is 0 Å². The number of methoxy groups -OCH3 is 1.